The van der Waals surface area contributed by atoms with Gasteiger partial charge in [-0.1, -0.05) is 18.2 Å². The summed E-state index contributed by atoms with van der Waals surface area (Å²) in [4.78, 5) is 15.7. The lowest BCUT2D eigenvalue weighted by atomic mass is 10.1. The Bertz CT molecular complexity index is 1000. The van der Waals surface area contributed by atoms with Crippen LogP contribution in [0.15, 0.2) is 48.7 Å². The number of methoxy groups -OCH3 is 3. The Morgan fingerprint density at radius 2 is 1.71 bits per heavy atom. The summed E-state index contributed by atoms with van der Waals surface area (Å²) in [6.45, 7) is 0.280. The lowest BCUT2D eigenvalue weighted by Gasteiger charge is -2.14. The molecule has 0 radical (unpaired) electrons. The lowest BCUT2D eigenvalue weighted by Crippen LogP contribution is -2.25. The fourth-order valence-electron chi connectivity index (χ4n) is 2.88. The van der Waals surface area contributed by atoms with Crippen LogP contribution in [0.1, 0.15) is 16.1 Å². The molecule has 0 atom stereocenters. The van der Waals surface area contributed by atoms with E-state index in [2.05, 4.69) is 10.3 Å². The van der Waals surface area contributed by atoms with Crippen LogP contribution >= 0.6 is 12.2 Å². The summed E-state index contributed by atoms with van der Waals surface area (Å²) in [7, 11) is 4.64. The number of aromatic nitrogens is 2. The first-order chi connectivity index (χ1) is 13.6. The van der Waals surface area contributed by atoms with Gasteiger partial charge in [0.05, 0.1) is 21.3 Å². The molecule has 0 aliphatic carbocycles. The molecule has 2 N–H and O–H groups in total. The first-order valence-corrected chi connectivity index (χ1v) is 8.92. The summed E-state index contributed by atoms with van der Waals surface area (Å²) >= 11 is 5.33. The van der Waals surface area contributed by atoms with Crippen molar-refractivity contribution in [2.24, 2.45) is 0 Å². The number of hydrogen-bond donors (Lipinski definition) is 2. The number of nitrogens with zero attached hydrogens (tertiary/aromatic N) is 1. The Morgan fingerprint density at radius 1 is 1.07 bits per heavy atom. The molecular formula is C20H21N3O4S. The second kappa shape index (κ2) is 8.62. The largest absolute Gasteiger partial charge is 0.493 e. The smallest absolute Gasteiger partial charge is 0.270 e. The number of benzene rings is 2. The van der Waals surface area contributed by atoms with E-state index in [1.807, 2.05) is 30.3 Å². The molecule has 0 aliphatic heterocycles. The number of carbonyl (C=O) groups is 1. The van der Waals surface area contributed by atoms with Gasteiger partial charge in [0.1, 0.15) is 5.69 Å². The van der Waals surface area contributed by atoms with Gasteiger partial charge in [0.2, 0.25) is 5.75 Å². The molecule has 0 fully saturated rings. The van der Waals surface area contributed by atoms with Crippen molar-refractivity contribution in [1.82, 2.24) is 14.9 Å². The first-order valence-electron chi connectivity index (χ1n) is 8.52. The molecule has 28 heavy (non-hydrogen) atoms. The molecule has 0 saturated carbocycles. The lowest BCUT2D eigenvalue weighted by molar-refractivity contribution is 0.0944. The standard InChI is InChI=1S/C20H21N3O4S/c1-25-16-9-13(10-17(26-2)18(16)27-3)11-21-19(24)15-12-22-20(28)23(15)14-7-5-4-6-8-14/h4-10,12H,11H2,1-3H3,(H,21,24)(H,22,28). The number of aromatic amines is 1. The number of imidazole rings is 1. The zero-order valence-electron chi connectivity index (χ0n) is 15.8. The van der Waals surface area contributed by atoms with E-state index in [1.54, 1.807) is 44.2 Å². The van der Waals surface area contributed by atoms with Gasteiger partial charge in [-0.05, 0) is 42.0 Å². The van der Waals surface area contributed by atoms with Crippen LogP contribution in [0.5, 0.6) is 17.2 Å². The molecule has 0 saturated heterocycles. The van der Waals surface area contributed by atoms with Crippen molar-refractivity contribution in [3.8, 4) is 22.9 Å². The minimum atomic E-state index is -0.259. The summed E-state index contributed by atoms with van der Waals surface area (Å²) in [5, 5.41) is 2.90. The third-order valence-corrected chi connectivity index (χ3v) is 4.50. The Hall–Kier alpha value is -3.26. The second-order valence-corrected chi connectivity index (χ2v) is 6.25. The van der Waals surface area contributed by atoms with Gasteiger partial charge in [-0.25, -0.2) is 0 Å². The topological polar surface area (TPSA) is 77.5 Å². The highest BCUT2D eigenvalue weighted by molar-refractivity contribution is 7.71. The first kappa shape index (κ1) is 19.5. The van der Waals surface area contributed by atoms with Crippen molar-refractivity contribution < 1.29 is 19.0 Å². The van der Waals surface area contributed by atoms with Crippen molar-refractivity contribution >= 4 is 18.1 Å². The van der Waals surface area contributed by atoms with E-state index in [-0.39, 0.29) is 12.5 Å². The number of rotatable bonds is 7. The van der Waals surface area contributed by atoms with Gasteiger partial charge >= 0.3 is 0 Å². The molecule has 0 spiro atoms. The summed E-state index contributed by atoms with van der Waals surface area (Å²) in [6, 6.07) is 13.1. The van der Waals surface area contributed by atoms with Crippen molar-refractivity contribution in [3.63, 3.8) is 0 Å². The predicted molar refractivity (Wildman–Crippen MR) is 108 cm³/mol. The summed E-state index contributed by atoms with van der Waals surface area (Å²) in [6.07, 6.45) is 1.60. The van der Waals surface area contributed by atoms with Crippen LogP contribution in [0.2, 0.25) is 0 Å². The molecule has 0 bridgehead atoms. The number of amides is 1. The fourth-order valence-corrected chi connectivity index (χ4v) is 3.14. The van der Waals surface area contributed by atoms with Crippen molar-refractivity contribution in [3.05, 3.63) is 64.7 Å². The molecule has 3 aromatic rings. The fraction of sp³-hybridized carbons (Fsp3) is 0.200. The third kappa shape index (κ3) is 3.86. The minimum Gasteiger partial charge on any atom is -0.493 e. The van der Waals surface area contributed by atoms with E-state index < -0.39 is 0 Å². The SMILES string of the molecule is COc1cc(CNC(=O)c2c[nH]c(=S)n2-c2ccccc2)cc(OC)c1OC. The van der Waals surface area contributed by atoms with Gasteiger partial charge in [0.25, 0.3) is 5.91 Å². The Morgan fingerprint density at radius 3 is 2.29 bits per heavy atom. The average Bonchev–Trinajstić information content (AvgIpc) is 3.13. The van der Waals surface area contributed by atoms with Crippen LogP contribution in [-0.2, 0) is 6.54 Å². The monoisotopic (exact) mass is 399 g/mol. The highest BCUT2D eigenvalue weighted by Gasteiger charge is 2.16. The van der Waals surface area contributed by atoms with Crippen molar-refractivity contribution in [2.75, 3.05) is 21.3 Å². The predicted octanol–water partition coefficient (Wildman–Crippen LogP) is 3.49. The number of ether oxygens (including phenoxy) is 3. The number of nitrogens with one attached hydrogen (secondary N) is 2. The van der Waals surface area contributed by atoms with E-state index in [9.17, 15) is 4.79 Å². The highest BCUT2D eigenvalue weighted by atomic mass is 32.1. The van der Waals surface area contributed by atoms with Gasteiger partial charge in [0.15, 0.2) is 16.3 Å². The average molecular weight is 399 g/mol. The Balaban J connectivity index is 1.84. The zero-order valence-corrected chi connectivity index (χ0v) is 16.6. The van der Waals surface area contributed by atoms with Crippen LogP contribution in [-0.4, -0.2) is 36.8 Å². The van der Waals surface area contributed by atoms with Crippen molar-refractivity contribution in [1.29, 1.82) is 0 Å². The summed E-state index contributed by atoms with van der Waals surface area (Å²) in [5.74, 6) is 1.30. The molecule has 2 aromatic carbocycles. The molecule has 7 nitrogen and oxygen atoms in total. The summed E-state index contributed by atoms with van der Waals surface area (Å²) in [5.41, 5.74) is 2.04. The maximum atomic E-state index is 12.8. The van der Waals surface area contributed by atoms with Crippen LogP contribution < -0.4 is 19.5 Å². The Kier molecular flexibility index (Phi) is 6.00. The molecule has 3 rings (SSSR count). The second-order valence-electron chi connectivity index (χ2n) is 5.87. The number of hydrogen-bond acceptors (Lipinski definition) is 5. The molecule has 1 heterocycles. The van der Waals surface area contributed by atoms with Crippen LogP contribution in [0.3, 0.4) is 0 Å². The maximum absolute atomic E-state index is 12.8. The molecule has 8 heteroatoms. The highest BCUT2D eigenvalue weighted by Crippen LogP contribution is 2.38. The van der Waals surface area contributed by atoms with Crippen LogP contribution in [0.25, 0.3) is 5.69 Å². The number of H-pyrrole nitrogens is 1. The van der Waals surface area contributed by atoms with Gasteiger partial charge in [-0.2, -0.15) is 0 Å². The molecule has 1 amide bonds. The van der Waals surface area contributed by atoms with E-state index in [0.717, 1.165) is 11.3 Å². The maximum Gasteiger partial charge on any atom is 0.270 e. The third-order valence-electron chi connectivity index (χ3n) is 4.20. The van der Waals surface area contributed by atoms with Gasteiger partial charge in [0, 0.05) is 18.4 Å². The number of para-hydroxylation sites is 1. The van der Waals surface area contributed by atoms with E-state index in [1.165, 1.54) is 0 Å². The zero-order chi connectivity index (χ0) is 20.1. The van der Waals surface area contributed by atoms with Gasteiger partial charge in [-0.15, -0.1) is 0 Å². The number of carbonyl (C=O) groups excluding carboxylic acids is 1. The quantitative estimate of drug-likeness (QED) is 0.595. The molecular weight excluding hydrogens is 378 g/mol. The van der Waals surface area contributed by atoms with Crippen LogP contribution in [0.4, 0.5) is 0 Å². The Labute approximate surface area is 167 Å². The molecule has 146 valence electrons. The van der Waals surface area contributed by atoms with Crippen molar-refractivity contribution in [2.45, 2.75) is 6.54 Å². The van der Waals surface area contributed by atoms with Gasteiger partial charge in [-0.3, -0.25) is 9.36 Å². The summed E-state index contributed by atoms with van der Waals surface area (Å²) < 4.78 is 18.2. The van der Waals surface area contributed by atoms with Gasteiger partial charge < -0.3 is 24.5 Å². The minimum absolute atomic E-state index is 0.259. The molecule has 1 aromatic heterocycles. The van der Waals surface area contributed by atoms with Crippen LogP contribution in [0, 0.1) is 4.77 Å². The van der Waals surface area contributed by atoms with E-state index in [0.29, 0.717) is 27.7 Å². The van der Waals surface area contributed by atoms with E-state index >= 15 is 0 Å². The molecule has 0 unspecified atom stereocenters. The van der Waals surface area contributed by atoms with E-state index in [4.69, 9.17) is 26.4 Å². The molecule has 0 aliphatic rings. The normalized spacial score (nSPS) is 10.4.